The van der Waals surface area contributed by atoms with Gasteiger partial charge in [0.15, 0.2) is 5.01 Å². The number of piperidine rings is 1. The molecule has 0 bridgehead atoms. The zero-order valence-corrected chi connectivity index (χ0v) is 25.8. The highest BCUT2D eigenvalue weighted by atomic mass is 32.1. The second-order valence-corrected chi connectivity index (χ2v) is 12.8. The number of ether oxygens (including phenoxy) is 1. The van der Waals surface area contributed by atoms with Crippen LogP contribution in [0.15, 0.2) is 36.8 Å². The maximum Gasteiger partial charge on any atom is 0.410 e. The third-order valence-electron chi connectivity index (χ3n) is 7.92. The Balaban J connectivity index is 1.08. The first-order valence-electron chi connectivity index (χ1n) is 14.6. The minimum Gasteiger partial charge on any atom is -0.444 e. The molecule has 4 aromatic rings. The molecule has 13 heteroatoms. The first kappa shape index (κ1) is 28.8. The SMILES string of the molecule is CNc1cc(-n2ccc3cc(C#N)cnc32)ncc1-c1nnc(N2CCC(N3CCN(C(=O)OC(C)(C)C)CC3)CC2)s1. The second kappa shape index (κ2) is 11.8. The lowest BCUT2D eigenvalue weighted by molar-refractivity contribution is 0.00902. The minimum atomic E-state index is -0.471. The third-order valence-corrected chi connectivity index (χ3v) is 8.94. The van der Waals surface area contributed by atoms with Gasteiger partial charge < -0.3 is 19.9 Å². The summed E-state index contributed by atoms with van der Waals surface area (Å²) in [5.41, 5.74) is 2.59. The molecule has 2 aliphatic rings. The number of hydrogen-bond acceptors (Lipinski definition) is 11. The highest BCUT2D eigenvalue weighted by Gasteiger charge is 2.31. The molecule has 0 spiro atoms. The molecule has 224 valence electrons. The zero-order chi connectivity index (χ0) is 30.1. The number of fused-ring (bicyclic) bond motifs is 1. The molecule has 2 aliphatic heterocycles. The van der Waals surface area contributed by atoms with Crippen molar-refractivity contribution in [2.45, 2.75) is 45.3 Å². The van der Waals surface area contributed by atoms with E-state index in [1.54, 1.807) is 17.5 Å². The van der Waals surface area contributed by atoms with E-state index < -0.39 is 5.60 Å². The molecule has 43 heavy (non-hydrogen) atoms. The number of hydrogen-bond donors (Lipinski definition) is 1. The molecule has 4 aromatic heterocycles. The number of nitriles is 1. The quantitative estimate of drug-likeness (QED) is 0.353. The maximum absolute atomic E-state index is 12.4. The molecule has 0 atom stereocenters. The fraction of sp³-hybridized carbons (Fsp3) is 0.467. The van der Waals surface area contributed by atoms with Crippen molar-refractivity contribution in [2.24, 2.45) is 0 Å². The fourth-order valence-electron chi connectivity index (χ4n) is 5.69. The van der Waals surface area contributed by atoms with Gasteiger partial charge in [0.1, 0.15) is 23.1 Å². The summed E-state index contributed by atoms with van der Waals surface area (Å²) in [4.78, 5) is 28.3. The maximum atomic E-state index is 12.4. The first-order chi connectivity index (χ1) is 20.7. The Hall–Kier alpha value is -4.28. The lowest BCUT2D eigenvalue weighted by atomic mass is 10.0. The average molecular weight is 601 g/mol. The number of rotatable bonds is 5. The summed E-state index contributed by atoms with van der Waals surface area (Å²) in [7, 11) is 1.88. The Bertz CT molecular complexity index is 1650. The molecule has 0 radical (unpaired) electrons. The van der Waals surface area contributed by atoms with E-state index in [0.29, 0.717) is 24.7 Å². The van der Waals surface area contributed by atoms with Crippen LogP contribution in [0.5, 0.6) is 0 Å². The van der Waals surface area contributed by atoms with E-state index in [1.165, 1.54) is 0 Å². The summed E-state index contributed by atoms with van der Waals surface area (Å²) in [5.74, 6) is 0.721. The Morgan fingerprint density at radius 3 is 2.53 bits per heavy atom. The van der Waals surface area contributed by atoms with Gasteiger partial charge in [-0.05, 0) is 45.7 Å². The van der Waals surface area contributed by atoms with Gasteiger partial charge in [-0.25, -0.2) is 14.8 Å². The van der Waals surface area contributed by atoms with Crippen LogP contribution < -0.4 is 10.2 Å². The molecule has 0 unspecified atom stereocenters. The van der Waals surface area contributed by atoms with Crippen LogP contribution in [0.4, 0.5) is 15.6 Å². The number of carbonyl (C=O) groups is 1. The molecule has 1 amide bonds. The summed E-state index contributed by atoms with van der Waals surface area (Å²) in [6, 6.07) is 8.37. The van der Waals surface area contributed by atoms with Gasteiger partial charge in [-0.2, -0.15) is 5.26 Å². The number of anilines is 2. The van der Waals surface area contributed by atoms with Crippen molar-refractivity contribution in [3.63, 3.8) is 0 Å². The lowest BCUT2D eigenvalue weighted by Gasteiger charge is -2.42. The number of piperazine rings is 1. The monoisotopic (exact) mass is 600 g/mol. The summed E-state index contributed by atoms with van der Waals surface area (Å²) < 4.78 is 7.46. The van der Waals surface area contributed by atoms with Gasteiger partial charge in [0.05, 0.1) is 11.1 Å². The predicted molar refractivity (Wildman–Crippen MR) is 167 cm³/mol. The molecule has 0 aromatic carbocycles. The third kappa shape index (κ3) is 6.11. The molecule has 1 N–H and O–H groups in total. The van der Waals surface area contributed by atoms with Gasteiger partial charge in [-0.1, -0.05) is 11.3 Å². The smallest absolute Gasteiger partial charge is 0.410 e. The molecule has 0 saturated carbocycles. The Labute approximate surface area is 254 Å². The lowest BCUT2D eigenvalue weighted by Crippen LogP contribution is -2.55. The topological polar surface area (TPSA) is 128 Å². The number of aromatic nitrogens is 5. The molecule has 2 saturated heterocycles. The largest absolute Gasteiger partial charge is 0.444 e. The van der Waals surface area contributed by atoms with Crippen LogP contribution in [0.3, 0.4) is 0 Å². The van der Waals surface area contributed by atoms with E-state index in [2.05, 4.69) is 36.4 Å². The van der Waals surface area contributed by atoms with Crippen molar-refractivity contribution in [1.29, 1.82) is 5.26 Å². The molecule has 6 rings (SSSR count). The predicted octanol–water partition coefficient (Wildman–Crippen LogP) is 4.37. The number of carbonyl (C=O) groups excluding carboxylic acids is 1. The van der Waals surface area contributed by atoms with Crippen LogP contribution in [0, 0.1) is 11.3 Å². The van der Waals surface area contributed by atoms with Crippen molar-refractivity contribution in [2.75, 3.05) is 56.5 Å². The van der Waals surface area contributed by atoms with Gasteiger partial charge in [0.2, 0.25) is 5.13 Å². The van der Waals surface area contributed by atoms with Gasteiger partial charge in [0.25, 0.3) is 0 Å². The van der Waals surface area contributed by atoms with Crippen LogP contribution in [0.2, 0.25) is 0 Å². The van der Waals surface area contributed by atoms with Crippen molar-refractivity contribution < 1.29 is 9.53 Å². The standard InChI is InChI=1S/C30H36N10O2S/c1-30(2,3)42-29(41)39-13-11-37(12-14-39)22-6-8-38(9-7-22)28-36-35-27(43-28)23-19-33-25(16-24(23)32-4)40-10-5-21-15-20(17-31)18-34-26(21)40/h5,10,15-16,18-19,22H,6-9,11-14H2,1-4H3,(H,32,33). The number of pyridine rings is 2. The highest BCUT2D eigenvalue weighted by Crippen LogP contribution is 2.35. The highest BCUT2D eigenvalue weighted by molar-refractivity contribution is 7.18. The molecular weight excluding hydrogens is 564 g/mol. The van der Waals surface area contributed by atoms with Crippen LogP contribution in [-0.4, -0.2) is 98.6 Å². The fourth-order valence-corrected chi connectivity index (χ4v) is 6.61. The Kier molecular flexibility index (Phi) is 7.89. The summed E-state index contributed by atoms with van der Waals surface area (Å²) >= 11 is 1.58. The molecule has 6 heterocycles. The zero-order valence-electron chi connectivity index (χ0n) is 24.9. The van der Waals surface area contributed by atoms with E-state index in [0.717, 1.165) is 77.3 Å². The van der Waals surface area contributed by atoms with Crippen LogP contribution >= 0.6 is 11.3 Å². The van der Waals surface area contributed by atoms with Crippen molar-refractivity contribution in [1.82, 2.24) is 34.5 Å². The molecule has 12 nitrogen and oxygen atoms in total. The van der Waals surface area contributed by atoms with Crippen LogP contribution in [0.25, 0.3) is 27.4 Å². The number of nitrogens with zero attached hydrogens (tertiary/aromatic N) is 9. The van der Waals surface area contributed by atoms with E-state index in [1.807, 2.05) is 67.9 Å². The van der Waals surface area contributed by atoms with Crippen molar-refractivity contribution >= 4 is 39.3 Å². The van der Waals surface area contributed by atoms with Crippen LogP contribution in [-0.2, 0) is 4.74 Å². The average Bonchev–Trinajstić information content (AvgIpc) is 3.68. The molecule has 2 fully saturated rings. The van der Waals surface area contributed by atoms with E-state index in [-0.39, 0.29) is 6.09 Å². The summed E-state index contributed by atoms with van der Waals surface area (Å²) in [6.45, 7) is 10.7. The van der Waals surface area contributed by atoms with Crippen molar-refractivity contribution in [3.05, 3.63) is 42.4 Å². The Morgan fingerprint density at radius 1 is 1.07 bits per heavy atom. The Morgan fingerprint density at radius 2 is 1.84 bits per heavy atom. The second-order valence-electron chi connectivity index (χ2n) is 11.9. The van der Waals surface area contributed by atoms with Gasteiger partial charge >= 0.3 is 6.09 Å². The van der Waals surface area contributed by atoms with Gasteiger partial charge in [0, 0.05) is 88.1 Å². The van der Waals surface area contributed by atoms with E-state index in [9.17, 15) is 10.1 Å². The summed E-state index contributed by atoms with van der Waals surface area (Å²) in [5, 5.41) is 24.2. The first-order valence-corrected chi connectivity index (χ1v) is 15.4. The molecule has 0 aliphatic carbocycles. The number of nitrogens with one attached hydrogen (secondary N) is 1. The summed E-state index contributed by atoms with van der Waals surface area (Å²) in [6.07, 6.45) is 7.19. The van der Waals surface area contributed by atoms with Gasteiger partial charge in [-0.3, -0.25) is 9.47 Å². The van der Waals surface area contributed by atoms with Gasteiger partial charge in [-0.15, -0.1) is 10.2 Å². The normalized spacial score (nSPS) is 16.8. The minimum absolute atomic E-state index is 0.217. The van der Waals surface area contributed by atoms with E-state index >= 15 is 0 Å². The van der Waals surface area contributed by atoms with Crippen molar-refractivity contribution in [3.8, 4) is 22.5 Å². The molecular formula is C30H36N10O2S. The number of amides is 1. The van der Waals surface area contributed by atoms with Crippen LogP contribution in [0.1, 0.15) is 39.2 Å². The van der Waals surface area contributed by atoms with E-state index in [4.69, 9.17) is 9.72 Å².